The van der Waals surface area contributed by atoms with Gasteiger partial charge in [-0.2, -0.15) is 0 Å². The average molecular weight is 281 g/mol. The second kappa shape index (κ2) is 6.74. The lowest BCUT2D eigenvalue weighted by molar-refractivity contribution is 0.0432. The van der Waals surface area contributed by atoms with E-state index in [9.17, 15) is 0 Å². The molecule has 3 heteroatoms. The lowest BCUT2D eigenvalue weighted by Gasteiger charge is -2.39. The van der Waals surface area contributed by atoms with Crippen LogP contribution in [0.1, 0.15) is 5.56 Å². The summed E-state index contributed by atoms with van der Waals surface area (Å²) in [4.78, 5) is 4.67. The highest BCUT2D eigenvalue weighted by molar-refractivity contribution is 5.53. The zero-order valence-corrected chi connectivity index (χ0v) is 12.4. The number of morpholine rings is 1. The highest BCUT2D eigenvalue weighted by atomic mass is 16.5. The molecule has 1 heterocycles. The Labute approximate surface area is 126 Å². The molecule has 0 aliphatic carbocycles. The summed E-state index contributed by atoms with van der Waals surface area (Å²) in [5, 5.41) is 0. The predicted molar refractivity (Wildman–Crippen MR) is 86.0 cm³/mol. The molecule has 3 rings (SSSR count). The first-order valence-corrected chi connectivity index (χ1v) is 7.40. The third kappa shape index (κ3) is 3.26. The van der Waals surface area contributed by atoms with Gasteiger partial charge in [-0.05, 0) is 17.7 Å². The van der Waals surface area contributed by atoms with Gasteiger partial charge in [-0.1, -0.05) is 48.5 Å². The van der Waals surface area contributed by atoms with Crippen LogP contribution in [0.4, 0.5) is 5.69 Å². The zero-order valence-electron chi connectivity index (χ0n) is 12.4. The maximum Gasteiger partial charge on any atom is 0.162 e. The number of hydrogen-bond acceptors (Lipinski definition) is 3. The van der Waals surface area contributed by atoms with Crippen molar-refractivity contribution in [2.75, 3.05) is 38.3 Å². The second-order valence-electron chi connectivity index (χ2n) is 5.18. The van der Waals surface area contributed by atoms with Gasteiger partial charge in [0, 0.05) is 25.8 Å². The van der Waals surface area contributed by atoms with Crippen LogP contribution in [0.2, 0.25) is 0 Å². The fourth-order valence-electron chi connectivity index (χ4n) is 2.72. The molecule has 3 nitrogen and oxygen atoms in total. The Balaban J connectivity index is 1.92. The molecule has 21 heavy (non-hydrogen) atoms. The first-order chi connectivity index (χ1) is 10.4. The number of rotatable bonds is 4. The Hall–Kier alpha value is -1.84. The van der Waals surface area contributed by atoms with Crippen LogP contribution < -0.4 is 4.90 Å². The van der Waals surface area contributed by atoms with Gasteiger partial charge in [0.2, 0.25) is 0 Å². The maximum absolute atomic E-state index is 5.50. The van der Waals surface area contributed by atoms with Gasteiger partial charge in [-0.3, -0.25) is 4.90 Å². The summed E-state index contributed by atoms with van der Waals surface area (Å²) in [6.45, 7) is 3.45. The molecule has 109 valence electrons. The van der Waals surface area contributed by atoms with Gasteiger partial charge in [0.15, 0.2) is 6.17 Å². The monoisotopic (exact) mass is 281 g/mol. The van der Waals surface area contributed by atoms with Crippen molar-refractivity contribution in [2.24, 2.45) is 0 Å². The topological polar surface area (TPSA) is 15.7 Å². The summed E-state index contributed by atoms with van der Waals surface area (Å²) in [5.41, 5.74) is 2.44. The lowest BCUT2D eigenvalue weighted by atomic mass is 10.1. The molecule has 0 saturated carbocycles. The van der Waals surface area contributed by atoms with Crippen molar-refractivity contribution in [1.82, 2.24) is 4.90 Å². The van der Waals surface area contributed by atoms with Crippen LogP contribution in [-0.2, 0) is 4.74 Å². The Morgan fingerprint density at radius 3 is 2.10 bits per heavy atom. The normalized spacial score (nSPS) is 16.1. The fourth-order valence-corrected chi connectivity index (χ4v) is 2.72. The third-order valence-corrected chi connectivity index (χ3v) is 3.80. The van der Waals surface area contributed by atoms with Gasteiger partial charge in [0.1, 0.15) is 0 Å². The summed E-state index contributed by atoms with van der Waals surface area (Å²) in [5.74, 6) is 0. The van der Waals surface area contributed by atoms with E-state index in [0.29, 0.717) is 0 Å². The molecule has 0 N–H and O–H groups in total. The van der Waals surface area contributed by atoms with Crippen molar-refractivity contribution in [3.05, 3.63) is 72.4 Å². The summed E-state index contributed by atoms with van der Waals surface area (Å²) in [6, 6.07) is 21.1. The smallest absolute Gasteiger partial charge is 0.162 e. The summed E-state index contributed by atoms with van der Waals surface area (Å²) in [6.07, 6.45) is 1.24. The molecule has 1 aliphatic rings. The molecule has 1 aliphatic heterocycles. The molecular weight excluding hydrogens is 260 g/mol. The van der Waals surface area contributed by atoms with E-state index in [1.807, 2.05) is 6.07 Å². The van der Waals surface area contributed by atoms with Gasteiger partial charge >= 0.3 is 0 Å². The summed E-state index contributed by atoms with van der Waals surface area (Å²) in [7, 11) is 2.13. The van der Waals surface area contributed by atoms with Crippen molar-refractivity contribution in [1.29, 1.82) is 0 Å². The van der Waals surface area contributed by atoms with Gasteiger partial charge in [-0.15, -0.1) is 0 Å². The molecule has 1 radical (unpaired) electrons. The van der Waals surface area contributed by atoms with E-state index >= 15 is 0 Å². The first-order valence-electron chi connectivity index (χ1n) is 7.40. The van der Waals surface area contributed by atoms with Crippen LogP contribution in [0, 0.1) is 6.17 Å². The molecule has 0 spiro atoms. The fraction of sp³-hybridized carbons (Fsp3) is 0.278. The summed E-state index contributed by atoms with van der Waals surface area (Å²) < 4.78 is 5.50. The molecule has 0 unspecified atom stereocenters. The summed E-state index contributed by atoms with van der Waals surface area (Å²) >= 11 is 0. The third-order valence-electron chi connectivity index (χ3n) is 3.80. The molecule has 2 aromatic rings. The first kappa shape index (κ1) is 14.1. The Morgan fingerprint density at radius 1 is 0.905 bits per heavy atom. The molecule has 0 aromatic heterocycles. The highest BCUT2D eigenvalue weighted by Crippen LogP contribution is 2.28. The van der Waals surface area contributed by atoms with E-state index in [-0.39, 0.29) is 0 Å². The zero-order chi connectivity index (χ0) is 14.5. The average Bonchev–Trinajstić information content (AvgIpc) is 2.58. The largest absolute Gasteiger partial charge is 0.379 e. The predicted octanol–water partition coefficient (Wildman–Crippen LogP) is 2.99. The van der Waals surface area contributed by atoms with E-state index in [2.05, 4.69) is 71.4 Å². The van der Waals surface area contributed by atoms with Gasteiger partial charge in [-0.25, -0.2) is 0 Å². The molecule has 1 fully saturated rings. The van der Waals surface area contributed by atoms with E-state index < -0.39 is 0 Å². The SMILES string of the molecule is CN([C](c1ccccc1)N1CCOCC1)c1ccccc1. The van der Waals surface area contributed by atoms with Gasteiger partial charge in [0.05, 0.1) is 13.2 Å². The minimum atomic E-state index is 0.791. The van der Waals surface area contributed by atoms with E-state index in [1.54, 1.807) is 0 Å². The van der Waals surface area contributed by atoms with Gasteiger partial charge < -0.3 is 9.64 Å². The Bertz CT molecular complexity index is 538. The number of para-hydroxylation sites is 1. The van der Waals surface area contributed by atoms with Crippen molar-refractivity contribution in [2.45, 2.75) is 0 Å². The van der Waals surface area contributed by atoms with E-state index in [4.69, 9.17) is 4.74 Å². The standard InChI is InChI=1S/C18H21N2O/c1-19(17-10-6-3-7-11-17)18(16-8-4-2-5-9-16)20-12-14-21-15-13-20/h2-11H,12-15H2,1H3. The number of hydrogen-bond donors (Lipinski definition) is 0. The Morgan fingerprint density at radius 2 is 1.48 bits per heavy atom. The maximum atomic E-state index is 5.50. The lowest BCUT2D eigenvalue weighted by Crippen LogP contribution is -2.46. The van der Waals surface area contributed by atoms with Crippen molar-refractivity contribution in [3.63, 3.8) is 0 Å². The molecular formula is C18H21N2O. The van der Waals surface area contributed by atoms with E-state index in [0.717, 1.165) is 26.3 Å². The molecule has 0 bridgehead atoms. The number of ether oxygens (including phenoxy) is 1. The van der Waals surface area contributed by atoms with Crippen LogP contribution in [0.5, 0.6) is 0 Å². The van der Waals surface area contributed by atoms with Crippen LogP contribution >= 0.6 is 0 Å². The van der Waals surface area contributed by atoms with Crippen LogP contribution in [0.25, 0.3) is 0 Å². The van der Waals surface area contributed by atoms with Crippen LogP contribution in [0.3, 0.4) is 0 Å². The number of nitrogens with zero attached hydrogens (tertiary/aromatic N) is 2. The van der Waals surface area contributed by atoms with Crippen molar-refractivity contribution < 1.29 is 4.74 Å². The second-order valence-corrected chi connectivity index (χ2v) is 5.18. The van der Waals surface area contributed by atoms with Crippen LogP contribution in [-0.4, -0.2) is 38.3 Å². The highest BCUT2D eigenvalue weighted by Gasteiger charge is 2.27. The van der Waals surface area contributed by atoms with Gasteiger partial charge in [0.25, 0.3) is 0 Å². The Kier molecular flexibility index (Phi) is 4.53. The molecule has 0 atom stereocenters. The molecule has 2 aromatic carbocycles. The number of anilines is 1. The quantitative estimate of drug-likeness (QED) is 0.857. The van der Waals surface area contributed by atoms with Crippen molar-refractivity contribution in [3.8, 4) is 0 Å². The minimum absolute atomic E-state index is 0.791. The number of benzene rings is 2. The van der Waals surface area contributed by atoms with Crippen molar-refractivity contribution >= 4 is 5.69 Å². The molecule has 1 saturated heterocycles. The van der Waals surface area contributed by atoms with Crippen LogP contribution in [0.15, 0.2) is 60.7 Å². The van der Waals surface area contributed by atoms with E-state index in [1.165, 1.54) is 17.4 Å². The minimum Gasteiger partial charge on any atom is -0.379 e. The molecule has 0 amide bonds.